The lowest BCUT2D eigenvalue weighted by Crippen LogP contribution is -2.30. The minimum absolute atomic E-state index is 0.0698. The van der Waals surface area contributed by atoms with E-state index in [1.165, 1.54) is 0 Å². The Morgan fingerprint density at radius 3 is 2.65 bits per heavy atom. The molecule has 1 fully saturated rings. The average Bonchev–Trinajstić information content (AvgIpc) is 2.64. The highest BCUT2D eigenvalue weighted by molar-refractivity contribution is 5.38. The van der Waals surface area contributed by atoms with Crippen molar-refractivity contribution in [1.82, 2.24) is 10.2 Å². The van der Waals surface area contributed by atoms with Crippen LogP contribution in [0.5, 0.6) is 0 Å². The summed E-state index contributed by atoms with van der Waals surface area (Å²) in [5.41, 5.74) is 0.884. The summed E-state index contributed by atoms with van der Waals surface area (Å²) in [6.45, 7) is 10.2. The van der Waals surface area contributed by atoms with E-state index < -0.39 is 0 Å². The van der Waals surface area contributed by atoms with Crippen LogP contribution in [0.3, 0.4) is 0 Å². The topological polar surface area (TPSA) is 38.2 Å². The lowest BCUT2D eigenvalue weighted by Gasteiger charge is -2.25. The van der Waals surface area contributed by atoms with Gasteiger partial charge in [0, 0.05) is 13.1 Å². The van der Waals surface area contributed by atoms with Gasteiger partial charge in [-0.05, 0) is 46.2 Å². The smallest absolute Gasteiger partial charge is 0.151 e. The van der Waals surface area contributed by atoms with Gasteiger partial charge in [-0.15, -0.1) is 5.10 Å². The van der Waals surface area contributed by atoms with Crippen LogP contribution in [0.25, 0.3) is 0 Å². The Bertz CT molecular complexity index is 369. The highest BCUT2D eigenvalue weighted by Gasteiger charge is 2.27. The van der Waals surface area contributed by atoms with E-state index in [1.807, 2.05) is 19.1 Å². The van der Waals surface area contributed by atoms with E-state index in [0.29, 0.717) is 6.10 Å². The van der Waals surface area contributed by atoms with Crippen molar-refractivity contribution < 1.29 is 4.74 Å². The third-order valence-corrected chi connectivity index (χ3v) is 2.77. The molecule has 17 heavy (non-hydrogen) atoms. The van der Waals surface area contributed by atoms with Gasteiger partial charge in [-0.2, -0.15) is 5.10 Å². The third-order valence-electron chi connectivity index (χ3n) is 2.77. The largest absolute Gasteiger partial charge is 0.371 e. The minimum Gasteiger partial charge on any atom is -0.371 e. The molecule has 2 rings (SSSR count). The van der Waals surface area contributed by atoms with Gasteiger partial charge in [0.05, 0.1) is 17.4 Å². The Labute approximate surface area is 103 Å². The first-order valence-corrected chi connectivity index (χ1v) is 6.17. The molecule has 1 unspecified atom stereocenters. The van der Waals surface area contributed by atoms with E-state index in [2.05, 4.69) is 35.9 Å². The number of rotatable bonds is 2. The summed E-state index contributed by atoms with van der Waals surface area (Å²) in [4.78, 5) is 2.24. The number of aromatic nitrogens is 2. The maximum Gasteiger partial charge on any atom is 0.151 e. The van der Waals surface area contributed by atoms with Crippen LogP contribution in [0.15, 0.2) is 12.1 Å². The van der Waals surface area contributed by atoms with Crippen molar-refractivity contribution in [2.75, 3.05) is 18.0 Å². The second kappa shape index (κ2) is 4.61. The molecule has 4 heteroatoms. The van der Waals surface area contributed by atoms with Crippen molar-refractivity contribution in [3.63, 3.8) is 0 Å². The maximum atomic E-state index is 5.98. The molecule has 0 saturated carbocycles. The highest BCUT2D eigenvalue weighted by atomic mass is 16.5. The SMILES string of the molecule is Cc1ccc(N2CCC(OC(C)(C)C)C2)nn1. The monoisotopic (exact) mass is 235 g/mol. The quantitative estimate of drug-likeness (QED) is 0.787. The fourth-order valence-corrected chi connectivity index (χ4v) is 2.09. The van der Waals surface area contributed by atoms with Crippen molar-refractivity contribution in [3.8, 4) is 0 Å². The van der Waals surface area contributed by atoms with Crippen molar-refractivity contribution in [2.24, 2.45) is 0 Å². The molecule has 0 amide bonds. The van der Waals surface area contributed by atoms with Crippen LogP contribution in [-0.4, -0.2) is 35.0 Å². The number of aryl methyl sites for hydroxylation is 1. The van der Waals surface area contributed by atoms with Crippen LogP contribution < -0.4 is 4.90 Å². The minimum atomic E-state index is -0.0698. The van der Waals surface area contributed by atoms with Crippen LogP contribution in [0, 0.1) is 6.92 Å². The molecular formula is C13H21N3O. The van der Waals surface area contributed by atoms with Gasteiger partial charge < -0.3 is 9.64 Å². The third kappa shape index (κ3) is 3.40. The van der Waals surface area contributed by atoms with Gasteiger partial charge in [-0.3, -0.25) is 0 Å². The number of nitrogens with zero attached hydrogens (tertiary/aromatic N) is 3. The molecule has 0 bridgehead atoms. The number of ether oxygens (including phenoxy) is 1. The molecule has 2 heterocycles. The fourth-order valence-electron chi connectivity index (χ4n) is 2.09. The number of hydrogen-bond acceptors (Lipinski definition) is 4. The molecule has 1 atom stereocenters. The predicted octanol–water partition coefficient (Wildman–Crippen LogP) is 2.18. The first kappa shape index (κ1) is 12.3. The van der Waals surface area contributed by atoms with Gasteiger partial charge in [0.25, 0.3) is 0 Å². The number of anilines is 1. The molecule has 1 aromatic rings. The van der Waals surface area contributed by atoms with Crippen LogP contribution in [0.1, 0.15) is 32.9 Å². The number of hydrogen-bond donors (Lipinski definition) is 0. The van der Waals surface area contributed by atoms with Gasteiger partial charge >= 0.3 is 0 Å². The van der Waals surface area contributed by atoms with E-state index in [9.17, 15) is 0 Å². The molecule has 0 radical (unpaired) electrons. The molecular weight excluding hydrogens is 214 g/mol. The van der Waals surface area contributed by atoms with Crippen LogP contribution in [0.2, 0.25) is 0 Å². The van der Waals surface area contributed by atoms with Gasteiger partial charge in [-0.25, -0.2) is 0 Å². The summed E-state index contributed by atoms with van der Waals surface area (Å²) in [7, 11) is 0. The summed E-state index contributed by atoms with van der Waals surface area (Å²) < 4.78 is 5.98. The molecule has 0 aromatic carbocycles. The zero-order valence-electron chi connectivity index (χ0n) is 11.1. The zero-order chi connectivity index (χ0) is 12.5. The summed E-state index contributed by atoms with van der Waals surface area (Å²) >= 11 is 0. The molecule has 1 aliphatic heterocycles. The maximum absolute atomic E-state index is 5.98. The van der Waals surface area contributed by atoms with Crippen molar-refractivity contribution in [1.29, 1.82) is 0 Å². The predicted molar refractivity (Wildman–Crippen MR) is 68.2 cm³/mol. The Hall–Kier alpha value is -1.16. The van der Waals surface area contributed by atoms with Crippen molar-refractivity contribution in [3.05, 3.63) is 17.8 Å². The first-order chi connectivity index (χ1) is 7.94. The average molecular weight is 235 g/mol. The molecule has 4 nitrogen and oxygen atoms in total. The van der Waals surface area contributed by atoms with E-state index in [1.54, 1.807) is 0 Å². The molecule has 94 valence electrons. The lowest BCUT2D eigenvalue weighted by molar-refractivity contribution is -0.0492. The van der Waals surface area contributed by atoms with E-state index in [0.717, 1.165) is 31.0 Å². The molecule has 1 aliphatic rings. The van der Waals surface area contributed by atoms with Crippen LogP contribution in [0.4, 0.5) is 5.82 Å². The summed E-state index contributed by atoms with van der Waals surface area (Å²) in [6.07, 6.45) is 1.37. The fraction of sp³-hybridized carbons (Fsp3) is 0.692. The van der Waals surface area contributed by atoms with E-state index in [-0.39, 0.29) is 5.60 Å². The Morgan fingerprint density at radius 2 is 2.06 bits per heavy atom. The zero-order valence-corrected chi connectivity index (χ0v) is 11.1. The van der Waals surface area contributed by atoms with Gasteiger partial charge in [0.1, 0.15) is 0 Å². The van der Waals surface area contributed by atoms with Gasteiger partial charge in [0.2, 0.25) is 0 Å². The van der Waals surface area contributed by atoms with Crippen molar-refractivity contribution >= 4 is 5.82 Å². The normalized spacial score (nSPS) is 20.9. The highest BCUT2D eigenvalue weighted by Crippen LogP contribution is 2.22. The van der Waals surface area contributed by atoms with Gasteiger partial charge in [0.15, 0.2) is 5.82 Å². The second-order valence-electron chi connectivity index (χ2n) is 5.62. The Morgan fingerprint density at radius 1 is 1.29 bits per heavy atom. The summed E-state index contributed by atoms with van der Waals surface area (Å²) in [5.74, 6) is 0.954. The lowest BCUT2D eigenvalue weighted by atomic mass is 10.2. The first-order valence-electron chi connectivity index (χ1n) is 6.17. The summed E-state index contributed by atoms with van der Waals surface area (Å²) in [6, 6.07) is 4.03. The molecule has 1 saturated heterocycles. The van der Waals surface area contributed by atoms with E-state index >= 15 is 0 Å². The molecule has 0 aliphatic carbocycles. The van der Waals surface area contributed by atoms with Crippen LogP contribution in [-0.2, 0) is 4.74 Å². The Kier molecular flexibility index (Phi) is 3.33. The van der Waals surface area contributed by atoms with Crippen LogP contribution >= 0.6 is 0 Å². The molecule has 0 spiro atoms. The van der Waals surface area contributed by atoms with Crippen molar-refractivity contribution in [2.45, 2.75) is 45.8 Å². The van der Waals surface area contributed by atoms with E-state index in [4.69, 9.17) is 4.74 Å². The summed E-state index contributed by atoms with van der Waals surface area (Å²) in [5, 5.41) is 8.30. The van der Waals surface area contributed by atoms with Gasteiger partial charge in [-0.1, -0.05) is 0 Å². The Balaban J connectivity index is 1.96. The standard InChI is InChI=1S/C13H21N3O/c1-10-5-6-12(15-14-10)16-8-7-11(9-16)17-13(2,3)4/h5-6,11H,7-9H2,1-4H3. The molecule has 0 N–H and O–H groups in total. The second-order valence-corrected chi connectivity index (χ2v) is 5.62. The molecule has 1 aromatic heterocycles.